The molecule has 4 nitrogen and oxygen atoms in total. The summed E-state index contributed by atoms with van der Waals surface area (Å²) in [5.41, 5.74) is 0.246. The molecule has 1 aromatic carbocycles. The van der Waals surface area contributed by atoms with E-state index in [2.05, 4.69) is 11.8 Å². The number of ether oxygens (including phenoxy) is 2. The van der Waals surface area contributed by atoms with Crippen LogP contribution in [0, 0.1) is 5.82 Å². The zero-order valence-electron chi connectivity index (χ0n) is 12.0. The molecular weight excluding hydrogens is 261 g/mol. The fourth-order valence-corrected chi connectivity index (χ4v) is 2.54. The zero-order chi connectivity index (χ0) is 14.5. The van der Waals surface area contributed by atoms with Gasteiger partial charge in [-0.2, -0.15) is 0 Å². The fraction of sp³-hybridized carbons (Fsp3) is 0.600. The molecule has 2 atom stereocenters. The highest BCUT2D eigenvalue weighted by Gasteiger charge is 2.22. The second-order valence-corrected chi connectivity index (χ2v) is 5.12. The molecule has 1 aromatic rings. The van der Waals surface area contributed by atoms with Crippen molar-refractivity contribution in [3.8, 4) is 5.75 Å². The Hall–Kier alpha value is -1.17. The zero-order valence-corrected chi connectivity index (χ0v) is 12.0. The van der Waals surface area contributed by atoms with E-state index in [9.17, 15) is 9.50 Å². The van der Waals surface area contributed by atoms with Gasteiger partial charge in [-0.3, -0.25) is 4.90 Å². The molecule has 1 saturated heterocycles. The molecule has 1 N–H and O–H groups in total. The Kier molecular flexibility index (Phi) is 5.34. The van der Waals surface area contributed by atoms with E-state index in [0.717, 1.165) is 6.54 Å². The van der Waals surface area contributed by atoms with Gasteiger partial charge in [-0.1, -0.05) is 6.07 Å². The minimum atomic E-state index is -0.860. The van der Waals surface area contributed by atoms with Gasteiger partial charge in [0.15, 0.2) is 0 Å². The van der Waals surface area contributed by atoms with Crippen molar-refractivity contribution in [3.05, 3.63) is 29.6 Å². The minimum absolute atomic E-state index is 0.246. The molecule has 0 aromatic heterocycles. The third kappa shape index (κ3) is 3.48. The van der Waals surface area contributed by atoms with Gasteiger partial charge in [-0.25, -0.2) is 4.39 Å². The maximum Gasteiger partial charge on any atom is 0.132 e. The van der Waals surface area contributed by atoms with Gasteiger partial charge in [0.25, 0.3) is 0 Å². The quantitative estimate of drug-likeness (QED) is 0.897. The Morgan fingerprint density at radius 2 is 2.35 bits per heavy atom. The number of hydrogen-bond donors (Lipinski definition) is 1. The molecule has 1 aliphatic heterocycles. The first-order chi connectivity index (χ1) is 9.63. The fourth-order valence-electron chi connectivity index (χ4n) is 2.54. The van der Waals surface area contributed by atoms with E-state index in [1.807, 2.05) is 0 Å². The van der Waals surface area contributed by atoms with Crippen molar-refractivity contribution in [2.75, 3.05) is 33.4 Å². The van der Waals surface area contributed by atoms with Crippen LogP contribution in [-0.4, -0.2) is 49.5 Å². The molecule has 0 bridgehead atoms. The summed E-state index contributed by atoms with van der Waals surface area (Å²) >= 11 is 0. The normalized spacial score (nSPS) is 21.7. The molecule has 0 saturated carbocycles. The molecule has 1 fully saturated rings. The van der Waals surface area contributed by atoms with Crippen LogP contribution >= 0.6 is 0 Å². The molecule has 0 radical (unpaired) electrons. The van der Waals surface area contributed by atoms with E-state index in [4.69, 9.17) is 9.47 Å². The lowest BCUT2D eigenvalue weighted by Gasteiger charge is -2.33. The number of nitrogens with zero attached hydrogens (tertiary/aromatic N) is 1. The monoisotopic (exact) mass is 283 g/mol. The van der Waals surface area contributed by atoms with Gasteiger partial charge < -0.3 is 14.6 Å². The summed E-state index contributed by atoms with van der Waals surface area (Å²) in [7, 11) is 1.48. The molecule has 5 heteroatoms. The summed E-state index contributed by atoms with van der Waals surface area (Å²) in [6.07, 6.45) is -0.386. The molecule has 112 valence electrons. The van der Waals surface area contributed by atoms with Crippen molar-refractivity contribution in [1.82, 2.24) is 4.90 Å². The number of rotatable bonds is 5. The van der Waals surface area contributed by atoms with Gasteiger partial charge in [-0.15, -0.1) is 0 Å². The van der Waals surface area contributed by atoms with Crippen molar-refractivity contribution < 1.29 is 19.0 Å². The highest BCUT2D eigenvalue weighted by Crippen LogP contribution is 2.30. The van der Waals surface area contributed by atoms with E-state index in [1.54, 1.807) is 12.1 Å². The molecule has 1 aliphatic rings. The lowest BCUT2D eigenvalue weighted by Crippen LogP contribution is -2.44. The Balaban J connectivity index is 1.99. The van der Waals surface area contributed by atoms with Crippen LogP contribution in [0.15, 0.2) is 18.2 Å². The van der Waals surface area contributed by atoms with E-state index < -0.39 is 11.9 Å². The number of aliphatic hydroxyl groups is 1. The number of benzene rings is 1. The van der Waals surface area contributed by atoms with Gasteiger partial charge in [0.2, 0.25) is 0 Å². The predicted molar refractivity (Wildman–Crippen MR) is 74.4 cm³/mol. The van der Waals surface area contributed by atoms with Crippen LogP contribution in [0.3, 0.4) is 0 Å². The number of hydrogen-bond acceptors (Lipinski definition) is 4. The molecular formula is C15H22FNO3. The van der Waals surface area contributed by atoms with Crippen LogP contribution in [0.25, 0.3) is 0 Å². The topological polar surface area (TPSA) is 41.9 Å². The van der Waals surface area contributed by atoms with Crippen LogP contribution in [0.2, 0.25) is 0 Å². The summed E-state index contributed by atoms with van der Waals surface area (Å²) in [5, 5.41) is 10.3. The van der Waals surface area contributed by atoms with E-state index >= 15 is 0 Å². The lowest BCUT2D eigenvalue weighted by molar-refractivity contribution is -0.00665. The van der Waals surface area contributed by atoms with E-state index in [-0.39, 0.29) is 5.56 Å². The summed E-state index contributed by atoms with van der Waals surface area (Å²) in [4.78, 5) is 2.25. The van der Waals surface area contributed by atoms with Crippen LogP contribution in [0.1, 0.15) is 25.0 Å². The first kappa shape index (κ1) is 15.2. The van der Waals surface area contributed by atoms with Crippen molar-refractivity contribution in [3.63, 3.8) is 0 Å². The largest absolute Gasteiger partial charge is 0.496 e. The SMILES string of the molecule is COc1cccc(F)c1C(O)CCN1CCOCC1C. The molecule has 1 heterocycles. The number of aliphatic hydroxyl groups excluding tert-OH is 1. The smallest absolute Gasteiger partial charge is 0.132 e. The maximum absolute atomic E-state index is 13.9. The van der Waals surface area contributed by atoms with Gasteiger partial charge in [0, 0.05) is 19.1 Å². The average Bonchev–Trinajstić information content (AvgIpc) is 2.45. The molecule has 0 aliphatic carbocycles. The number of halogens is 1. The summed E-state index contributed by atoms with van der Waals surface area (Å²) in [6.45, 7) is 5.07. The standard InChI is InChI=1S/C15H22FNO3/c1-11-10-20-9-8-17(11)7-6-13(18)15-12(16)4-3-5-14(15)19-2/h3-5,11,13,18H,6-10H2,1-2H3. The third-order valence-corrected chi connectivity index (χ3v) is 3.76. The number of morpholine rings is 1. The number of methoxy groups -OCH3 is 1. The molecule has 0 amide bonds. The van der Waals surface area contributed by atoms with Gasteiger partial charge in [0.1, 0.15) is 11.6 Å². The van der Waals surface area contributed by atoms with Crippen molar-refractivity contribution in [2.24, 2.45) is 0 Å². The maximum atomic E-state index is 13.9. The van der Waals surface area contributed by atoms with Crippen LogP contribution in [-0.2, 0) is 4.74 Å². The molecule has 0 spiro atoms. The molecule has 2 unspecified atom stereocenters. The summed E-state index contributed by atoms with van der Waals surface area (Å²) in [5.74, 6) is -0.0283. The first-order valence-electron chi connectivity index (χ1n) is 6.95. The second kappa shape index (κ2) is 7.02. The Morgan fingerprint density at radius 3 is 3.05 bits per heavy atom. The Labute approximate surface area is 119 Å². The predicted octanol–water partition coefficient (Wildman–Crippen LogP) is 1.98. The highest BCUT2D eigenvalue weighted by atomic mass is 19.1. The highest BCUT2D eigenvalue weighted by molar-refractivity contribution is 5.36. The third-order valence-electron chi connectivity index (χ3n) is 3.76. The summed E-state index contributed by atoms with van der Waals surface area (Å²) < 4.78 is 24.4. The van der Waals surface area contributed by atoms with Crippen LogP contribution in [0.4, 0.5) is 4.39 Å². The van der Waals surface area contributed by atoms with Gasteiger partial charge in [0.05, 0.1) is 32.0 Å². The van der Waals surface area contributed by atoms with Gasteiger partial charge >= 0.3 is 0 Å². The van der Waals surface area contributed by atoms with E-state index in [0.29, 0.717) is 38.0 Å². The lowest BCUT2D eigenvalue weighted by atomic mass is 10.0. The van der Waals surface area contributed by atoms with Gasteiger partial charge in [-0.05, 0) is 25.5 Å². The van der Waals surface area contributed by atoms with Crippen LogP contribution in [0.5, 0.6) is 5.75 Å². The Bertz CT molecular complexity index is 441. The van der Waals surface area contributed by atoms with Crippen molar-refractivity contribution in [2.45, 2.75) is 25.5 Å². The first-order valence-corrected chi connectivity index (χ1v) is 6.95. The average molecular weight is 283 g/mol. The Morgan fingerprint density at radius 1 is 1.55 bits per heavy atom. The second-order valence-electron chi connectivity index (χ2n) is 5.12. The van der Waals surface area contributed by atoms with Crippen molar-refractivity contribution >= 4 is 0 Å². The van der Waals surface area contributed by atoms with Crippen molar-refractivity contribution in [1.29, 1.82) is 0 Å². The molecule has 20 heavy (non-hydrogen) atoms. The molecule has 2 rings (SSSR count). The van der Waals surface area contributed by atoms with E-state index in [1.165, 1.54) is 13.2 Å². The summed E-state index contributed by atoms with van der Waals surface area (Å²) in [6, 6.07) is 4.92. The van der Waals surface area contributed by atoms with Crippen LogP contribution < -0.4 is 4.74 Å². The minimum Gasteiger partial charge on any atom is -0.496 e.